The van der Waals surface area contributed by atoms with E-state index in [0.29, 0.717) is 41.9 Å². The zero-order chi connectivity index (χ0) is 21.5. The van der Waals surface area contributed by atoms with Crippen LogP contribution in [-0.4, -0.2) is 33.6 Å². The number of fused-ring (bicyclic) bond motifs is 1. The van der Waals surface area contributed by atoms with E-state index in [-0.39, 0.29) is 6.10 Å². The Morgan fingerprint density at radius 2 is 1.87 bits per heavy atom. The highest BCUT2D eigenvalue weighted by atomic mass is 16.3. The summed E-state index contributed by atoms with van der Waals surface area (Å²) in [5, 5.41) is 30.4. The van der Waals surface area contributed by atoms with E-state index in [9.17, 15) is 15.3 Å². The van der Waals surface area contributed by atoms with Gasteiger partial charge < -0.3 is 15.3 Å². The van der Waals surface area contributed by atoms with Gasteiger partial charge in [0.05, 0.1) is 18.3 Å². The van der Waals surface area contributed by atoms with Crippen LogP contribution in [-0.2, 0) is 0 Å². The number of aliphatic hydroxyl groups is 3. The van der Waals surface area contributed by atoms with Crippen LogP contribution in [0.5, 0.6) is 0 Å². The molecule has 7 atom stereocenters. The average Bonchev–Trinajstić information content (AvgIpc) is 3.49. The van der Waals surface area contributed by atoms with Gasteiger partial charge in [-0.05, 0) is 91.6 Å². The summed E-state index contributed by atoms with van der Waals surface area (Å²) in [5.41, 5.74) is 3.63. The lowest BCUT2D eigenvalue weighted by Gasteiger charge is -2.44. The Hall–Kier alpha value is -1.16. The summed E-state index contributed by atoms with van der Waals surface area (Å²) in [7, 11) is 0. The van der Waals surface area contributed by atoms with Gasteiger partial charge in [-0.2, -0.15) is 0 Å². The molecule has 0 aromatic heterocycles. The standard InChI is InChI=1S/C27H40O3/c1-17(6-13-25(29)20-8-9-20)23-11-12-24-19(5-4-14-27(23,24)3)7-10-21-15-22(28)16-26(30)18(21)2/h6-7,10,13,17,20,22-26,28-30H,2,4-5,8-9,11-12,14-16H2,1,3H3/b13-6+,19-7+,21-10-/t17-,22+,23+,24-,25+,26-,27+/m0/s1. The van der Waals surface area contributed by atoms with Crippen LogP contribution in [0.1, 0.15) is 71.6 Å². The van der Waals surface area contributed by atoms with Gasteiger partial charge in [-0.25, -0.2) is 0 Å². The van der Waals surface area contributed by atoms with Crippen molar-refractivity contribution in [2.75, 3.05) is 0 Å². The van der Waals surface area contributed by atoms with E-state index >= 15 is 0 Å². The molecular formula is C27H40O3. The summed E-state index contributed by atoms with van der Waals surface area (Å²) in [5.74, 6) is 2.28. The Kier molecular flexibility index (Phi) is 6.44. The molecule has 0 aromatic rings. The highest BCUT2D eigenvalue weighted by Gasteiger charge is 2.50. The summed E-state index contributed by atoms with van der Waals surface area (Å²) < 4.78 is 0. The second-order valence-corrected chi connectivity index (χ2v) is 10.7. The molecule has 0 aromatic carbocycles. The molecule has 4 aliphatic carbocycles. The Balaban J connectivity index is 1.48. The third kappa shape index (κ3) is 4.40. The molecular weight excluding hydrogens is 372 g/mol. The molecule has 4 saturated carbocycles. The van der Waals surface area contributed by atoms with Crippen LogP contribution >= 0.6 is 0 Å². The summed E-state index contributed by atoms with van der Waals surface area (Å²) >= 11 is 0. The summed E-state index contributed by atoms with van der Waals surface area (Å²) in [4.78, 5) is 0. The zero-order valence-corrected chi connectivity index (χ0v) is 18.8. The van der Waals surface area contributed by atoms with Crippen molar-refractivity contribution in [2.24, 2.45) is 29.1 Å². The minimum atomic E-state index is -0.621. The third-order valence-corrected chi connectivity index (χ3v) is 8.65. The van der Waals surface area contributed by atoms with E-state index in [1.807, 2.05) is 0 Å². The molecule has 4 rings (SSSR count). The van der Waals surface area contributed by atoms with Crippen LogP contribution < -0.4 is 0 Å². The van der Waals surface area contributed by atoms with Crippen molar-refractivity contribution in [3.8, 4) is 0 Å². The minimum Gasteiger partial charge on any atom is -0.393 e. The van der Waals surface area contributed by atoms with Crippen LogP contribution in [0.15, 0.2) is 47.6 Å². The highest BCUT2D eigenvalue weighted by Crippen LogP contribution is 2.59. The molecule has 0 heterocycles. The zero-order valence-electron chi connectivity index (χ0n) is 18.8. The van der Waals surface area contributed by atoms with Gasteiger partial charge in [-0.15, -0.1) is 0 Å². The van der Waals surface area contributed by atoms with Crippen LogP contribution in [0, 0.1) is 29.1 Å². The second-order valence-electron chi connectivity index (χ2n) is 10.7. The van der Waals surface area contributed by atoms with E-state index in [4.69, 9.17) is 0 Å². The summed E-state index contributed by atoms with van der Waals surface area (Å²) in [6.45, 7) is 8.88. The van der Waals surface area contributed by atoms with Gasteiger partial charge in [-0.3, -0.25) is 0 Å². The molecule has 3 heteroatoms. The van der Waals surface area contributed by atoms with E-state index < -0.39 is 12.2 Å². The molecule has 0 unspecified atom stereocenters. The predicted molar refractivity (Wildman–Crippen MR) is 122 cm³/mol. The van der Waals surface area contributed by atoms with Crippen LogP contribution in [0.25, 0.3) is 0 Å². The minimum absolute atomic E-state index is 0.250. The molecule has 0 bridgehead atoms. The van der Waals surface area contributed by atoms with Gasteiger partial charge in [0.2, 0.25) is 0 Å². The third-order valence-electron chi connectivity index (χ3n) is 8.65. The maximum Gasteiger partial charge on any atom is 0.0811 e. The first kappa shape index (κ1) is 22.0. The second kappa shape index (κ2) is 8.76. The van der Waals surface area contributed by atoms with Crippen LogP contribution in [0.4, 0.5) is 0 Å². The van der Waals surface area contributed by atoms with Crippen molar-refractivity contribution in [1.82, 2.24) is 0 Å². The first-order valence-corrected chi connectivity index (χ1v) is 12.1. The van der Waals surface area contributed by atoms with Crippen molar-refractivity contribution >= 4 is 0 Å². The largest absolute Gasteiger partial charge is 0.393 e. The van der Waals surface area contributed by atoms with Crippen molar-refractivity contribution < 1.29 is 15.3 Å². The Bertz CT molecular complexity index is 743. The molecule has 0 saturated heterocycles. The number of hydrogen-bond acceptors (Lipinski definition) is 3. The predicted octanol–water partition coefficient (Wildman–Crippen LogP) is 5.09. The van der Waals surface area contributed by atoms with Gasteiger partial charge in [0.25, 0.3) is 0 Å². The fraction of sp³-hybridized carbons (Fsp3) is 0.704. The first-order valence-electron chi connectivity index (χ1n) is 12.1. The highest BCUT2D eigenvalue weighted by molar-refractivity contribution is 5.38. The van der Waals surface area contributed by atoms with Crippen LogP contribution in [0.3, 0.4) is 0 Å². The molecule has 4 aliphatic rings. The molecule has 3 N–H and O–H groups in total. The Labute approximate surface area is 182 Å². The smallest absolute Gasteiger partial charge is 0.0811 e. The Morgan fingerprint density at radius 3 is 2.60 bits per heavy atom. The van der Waals surface area contributed by atoms with Gasteiger partial charge >= 0.3 is 0 Å². The summed E-state index contributed by atoms with van der Waals surface area (Å²) in [6, 6.07) is 0. The fourth-order valence-electron chi connectivity index (χ4n) is 6.63. The fourth-order valence-corrected chi connectivity index (χ4v) is 6.63. The maximum atomic E-state index is 10.2. The van der Waals surface area contributed by atoms with Crippen molar-refractivity contribution in [2.45, 2.75) is 89.9 Å². The average molecular weight is 413 g/mol. The van der Waals surface area contributed by atoms with E-state index in [1.165, 1.54) is 44.1 Å². The molecule has 3 nitrogen and oxygen atoms in total. The van der Waals surface area contributed by atoms with Gasteiger partial charge in [-0.1, -0.05) is 50.3 Å². The lowest BCUT2D eigenvalue weighted by Crippen LogP contribution is -2.35. The monoisotopic (exact) mass is 412 g/mol. The lowest BCUT2D eigenvalue weighted by molar-refractivity contribution is 0.0862. The van der Waals surface area contributed by atoms with Gasteiger partial charge in [0.1, 0.15) is 0 Å². The van der Waals surface area contributed by atoms with Crippen molar-refractivity contribution in [3.05, 3.63) is 47.6 Å². The first-order chi connectivity index (χ1) is 14.3. The molecule has 166 valence electrons. The molecule has 0 spiro atoms. The SMILES string of the molecule is C=C1/C(=C\C=C2/CCC[C@]3(C)[C@@H]([C@@H](C)/C=C/[C@@H](O)C4CC4)CC[C@@H]23)C[C@@H](O)C[C@@H]1O. The quantitative estimate of drug-likeness (QED) is 0.551. The molecule has 0 aliphatic heterocycles. The number of rotatable bonds is 5. The van der Waals surface area contributed by atoms with Crippen molar-refractivity contribution in [1.29, 1.82) is 0 Å². The number of hydrogen-bond donors (Lipinski definition) is 3. The Morgan fingerprint density at radius 1 is 1.10 bits per heavy atom. The molecule has 0 amide bonds. The van der Waals surface area contributed by atoms with Gasteiger partial charge in [0.15, 0.2) is 0 Å². The van der Waals surface area contributed by atoms with Crippen molar-refractivity contribution in [3.63, 3.8) is 0 Å². The normalized spacial score (nSPS) is 42.1. The molecule has 30 heavy (non-hydrogen) atoms. The molecule has 0 radical (unpaired) electrons. The van der Waals surface area contributed by atoms with E-state index in [2.05, 4.69) is 44.7 Å². The van der Waals surface area contributed by atoms with Gasteiger partial charge in [0, 0.05) is 6.42 Å². The van der Waals surface area contributed by atoms with Crippen LogP contribution in [0.2, 0.25) is 0 Å². The lowest BCUT2D eigenvalue weighted by atomic mass is 9.61. The maximum absolute atomic E-state index is 10.2. The van der Waals surface area contributed by atoms with E-state index in [1.54, 1.807) is 0 Å². The summed E-state index contributed by atoms with van der Waals surface area (Å²) in [6.07, 6.45) is 16.9. The number of aliphatic hydroxyl groups excluding tert-OH is 3. The molecule has 4 fully saturated rings. The number of allylic oxidation sites excluding steroid dienone is 4. The van der Waals surface area contributed by atoms with E-state index in [0.717, 1.165) is 17.6 Å². The topological polar surface area (TPSA) is 60.7 Å².